The van der Waals surface area contributed by atoms with Gasteiger partial charge in [0.15, 0.2) is 0 Å². The van der Waals surface area contributed by atoms with Gasteiger partial charge in [-0.1, -0.05) is 13.3 Å². The van der Waals surface area contributed by atoms with E-state index in [0.717, 1.165) is 36.4 Å². The van der Waals surface area contributed by atoms with E-state index in [1.54, 1.807) is 13.2 Å². The lowest BCUT2D eigenvalue weighted by molar-refractivity contribution is -0.0562. The van der Waals surface area contributed by atoms with Gasteiger partial charge >= 0.3 is 5.97 Å². The molecule has 1 aromatic heterocycles. The first kappa shape index (κ1) is 19.2. The standard InChI is InChI=1S/C22H28N2O4/c1-4-13-12-24-8-7-14(13)9-20(24)21(25)17-11-19(22(26)28-3)23-18-6-5-15(27-2)10-16(17)18/h5-6,10-11,13-14,20-21,25H,4,7-9,12H2,1-3H3. The molecule has 6 heteroatoms. The second-order valence-corrected chi connectivity index (χ2v) is 7.93. The van der Waals surface area contributed by atoms with Crippen molar-refractivity contribution in [1.82, 2.24) is 9.88 Å². The van der Waals surface area contributed by atoms with Gasteiger partial charge in [0.1, 0.15) is 11.4 Å². The van der Waals surface area contributed by atoms with E-state index in [1.165, 1.54) is 20.0 Å². The maximum Gasteiger partial charge on any atom is 0.356 e. The minimum atomic E-state index is -0.693. The Hall–Kier alpha value is -2.18. The summed E-state index contributed by atoms with van der Waals surface area (Å²) < 4.78 is 10.2. The van der Waals surface area contributed by atoms with Gasteiger partial charge in [-0.05, 0) is 61.1 Å². The Morgan fingerprint density at radius 3 is 2.82 bits per heavy atom. The van der Waals surface area contributed by atoms with Crippen LogP contribution in [0, 0.1) is 11.8 Å². The monoisotopic (exact) mass is 384 g/mol. The fourth-order valence-corrected chi connectivity index (χ4v) is 4.99. The molecule has 1 aromatic carbocycles. The number of pyridine rings is 1. The van der Waals surface area contributed by atoms with E-state index in [1.807, 2.05) is 18.2 Å². The largest absolute Gasteiger partial charge is 0.497 e. The first-order chi connectivity index (χ1) is 13.5. The molecule has 0 spiro atoms. The molecule has 3 aliphatic rings. The molecule has 3 fully saturated rings. The summed E-state index contributed by atoms with van der Waals surface area (Å²) in [6.07, 6.45) is 2.69. The minimum Gasteiger partial charge on any atom is -0.497 e. The smallest absolute Gasteiger partial charge is 0.356 e. The van der Waals surface area contributed by atoms with E-state index in [0.29, 0.717) is 17.2 Å². The molecule has 4 heterocycles. The fourth-order valence-electron chi connectivity index (χ4n) is 4.99. The third kappa shape index (κ3) is 3.25. The molecule has 3 aliphatic heterocycles. The topological polar surface area (TPSA) is 71.9 Å². The highest BCUT2D eigenvalue weighted by molar-refractivity contribution is 5.93. The van der Waals surface area contributed by atoms with Gasteiger partial charge in [-0.3, -0.25) is 4.90 Å². The summed E-state index contributed by atoms with van der Waals surface area (Å²) in [5, 5.41) is 12.2. The molecule has 0 aliphatic carbocycles. The average Bonchev–Trinajstić information content (AvgIpc) is 2.76. The van der Waals surface area contributed by atoms with Crippen LogP contribution >= 0.6 is 0 Å². The van der Waals surface area contributed by atoms with Crippen LogP contribution in [0.15, 0.2) is 24.3 Å². The highest BCUT2D eigenvalue weighted by atomic mass is 16.5. The van der Waals surface area contributed by atoms with Gasteiger partial charge in [0, 0.05) is 18.0 Å². The lowest BCUT2D eigenvalue weighted by Gasteiger charge is -2.51. The van der Waals surface area contributed by atoms with Crippen LogP contribution in [0.2, 0.25) is 0 Å². The highest BCUT2D eigenvalue weighted by Crippen LogP contribution is 2.43. The number of hydrogen-bond acceptors (Lipinski definition) is 6. The van der Waals surface area contributed by atoms with Crippen LogP contribution in [0.3, 0.4) is 0 Å². The Morgan fingerprint density at radius 2 is 2.18 bits per heavy atom. The van der Waals surface area contributed by atoms with E-state index in [9.17, 15) is 9.90 Å². The van der Waals surface area contributed by atoms with Crippen LogP contribution in [0.5, 0.6) is 5.75 Å². The molecule has 0 amide bonds. The number of fused-ring (bicyclic) bond motifs is 4. The minimum absolute atomic E-state index is 0.0591. The van der Waals surface area contributed by atoms with E-state index in [4.69, 9.17) is 9.47 Å². The van der Waals surface area contributed by atoms with Crippen LogP contribution in [0.4, 0.5) is 0 Å². The number of methoxy groups -OCH3 is 2. The molecule has 6 nitrogen and oxygen atoms in total. The molecular weight excluding hydrogens is 356 g/mol. The summed E-state index contributed by atoms with van der Waals surface area (Å²) in [4.78, 5) is 19.0. The summed E-state index contributed by atoms with van der Waals surface area (Å²) >= 11 is 0. The summed E-state index contributed by atoms with van der Waals surface area (Å²) in [5.74, 6) is 1.59. The van der Waals surface area contributed by atoms with Crippen molar-refractivity contribution in [3.8, 4) is 5.75 Å². The number of aliphatic hydroxyl groups excluding tert-OH is 1. The number of piperidine rings is 3. The molecule has 5 atom stereocenters. The second kappa shape index (κ2) is 7.68. The molecular formula is C22H28N2O4. The number of aromatic nitrogens is 1. The first-order valence-electron chi connectivity index (χ1n) is 10.0. The number of nitrogens with zero attached hydrogens (tertiary/aromatic N) is 2. The zero-order chi connectivity index (χ0) is 19.8. The Kier molecular flexibility index (Phi) is 5.25. The Bertz CT molecular complexity index is 884. The third-order valence-corrected chi connectivity index (χ3v) is 6.59. The maximum atomic E-state index is 12.1. The van der Waals surface area contributed by atoms with Crippen molar-refractivity contribution in [2.75, 3.05) is 27.3 Å². The molecule has 0 saturated carbocycles. The van der Waals surface area contributed by atoms with Crippen molar-refractivity contribution >= 4 is 16.9 Å². The molecule has 5 rings (SSSR count). The summed E-state index contributed by atoms with van der Waals surface area (Å²) in [6, 6.07) is 7.25. The number of aliphatic hydroxyl groups is 1. The Morgan fingerprint density at radius 1 is 1.36 bits per heavy atom. The van der Waals surface area contributed by atoms with E-state index >= 15 is 0 Å². The van der Waals surface area contributed by atoms with Crippen LogP contribution < -0.4 is 4.74 Å². The molecule has 150 valence electrons. The maximum absolute atomic E-state index is 12.1. The quantitative estimate of drug-likeness (QED) is 0.799. The van der Waals surface area contributed by atoms with Crippen LogP contribution in [-0.2, 0) is 4.74 Å². The number of carbonyl (C=O) groups is 1. The van der Waals surface area contributed by atoms with Crippen molar-refractivity contribution in [1.29, 1.82) is 0 Å². The number of rotatable bonds is 5. The van der Waals surface area contributed by atoms with Gasteiger partial charge in [-0.15, -0.1) is 0 Å². The average molecular weight is 384 g/mol. The number of hydrogen-bond donors (Lipinski definition) is 1. The SMILES string of the molecule is CCC1CN2CCC1CC2C(O)c1cc(C(=O)OC)nc2ccc(OC)cc12. The lowest BCUT2D eigenvalue weighted by atomic mass is 9.72. The van der Waals surface area contributed by atoms with Gasteiger partial charge in [0.2, 0.25) is 0 Å². The third-order valence-electron chi connectivity index (χ3n) is 6.59. The van der Waals surface area contributed by atoms with Crippen molar-refractivity contribution in [2.24, 2.45) is 11.8 Å². The van der Waals surface area contributed by atoms with Crippen LogP contribution in [-0.4, -0.2) is 54.3 Å². The number of carbonyl (C=O) groups excluding carboxylic acids is 1. The van der Waals surface area contributed by atoms with Crippen molar-refractivity contribution < 1.29 is 19.4 Å². The van der Waals surface area contributed by atoms with E-state index < -0.39 is 12.1 Å². The highest BCUT2D eigenvalue weighted by Gasteiger charge is 2.42. The van der Waals surface area contributed by atoms with E-state index in [2.05, 4.69) is 16.8 Å². The second-order valence-electron chi connectivity index (χ2n) is 7.93. The van der Waals surface area contributed by atoms with Crippen LogP contribution in [0.25, 0.3) is 10.9 Å². The number of ether oxygens (including phenoxy) is 2. The normalized spacial score (nSPS) is 27.6. The van der Waals surface area contributed by atoms with Crippen molar-refractivity contribution in [3.63, 3.8) is 0 Å². The van der Waals surface area contributed by atoms with Gasteiger partial charge in [-0.2, -0.15) is 0 Å². The lowest BCUT2D eigenvalue weighted by Crippen LogP contribution is -2.55. The first-order valence-corrected chi connectivity index (χ1v) is 10.0. The number of esters is 1. The Labute approximate surface area is 165 Å². The molecule has 28 heavy (non-hydrogen) atoms. The van der Waals surface area contributed by atoms with Gasteiger partial charge in [0.25, 0.3) is 0 Å². The summed E-state index contributed by atoms with van der Waals surface area (Å²) in [6.45, 7) is 4.32. The molecule has 2 bridgehead atoms. The molecule has 1 N–H and O–H groups in total. The van der Waals surface area contributed by atoms with Crippen LogP contribution in [0.1, 0.15) is 48.3 Å². The molecule has 3 saturated heterocycles. The summed E-state index contributed by atoms with van der Waals surface area (Å²) in [7, 11) is 2.96. The van der Waals surface area contributed by atoms with E-state index in [-0.39, 0.29) is 11.7 Å². The zero-order valence-electron chi connectivity index (χ0n) is 16.7. The van der Waals surface area contributed by atoms with Gasteiger partial charge < -0.3 is 14.6 Å². The Balaban J connectivity index is 1.76. The predicted octanol–water partition coefficient (Wildman–Crippen LogP) is 3.18. The number of benzene rings is 1. The fraction of sp³-hybridized carbons (Fsp3) is 0.545. The van der Waals surface area contributed by atoms with Crippen molar-refractivity contribution in [3.05, 3.63) is 35.5 Å². The van der Waals surface area contributed by atoms with Gasteiger partial charge in [0.05, 0.1) is 25.8 Å². The molecule has 0 radical (unpaired) electrons. The molecule has 5 unspecified atom stereocenters. The predicted molar refractivity (Wildman–Crippen MR) is 106 cm³/mol. The zero-order valence-corrected chi connectivity index (χ0v) is 16.7. The van der Waals surface area contributed by atoms with Gasteiger partial charge in [-0.25, -0.2) is 9.78 Å². The van der Waals surface area contributed by atoms with Crippen molar-refractivity contribution in [2.45, 2.75) is 38.3 Å². The summed E-state index contributed by atoms with van der Waals surface area (Å²) in [5.41, 5.74) is 1.59. The molecule has 2 aromatic rings.